The summed E-state index contributed by atoms with van der Waals surface area (Å²) in [6.45, 7) is 3.08. The van der Waals surface area contributed by atoms with Gasteiger partial charge in [-0.2, -0.15) is 0 Å². The lowest BCUT2D eigenvalue weighted by Gasteiger charge is -2.22. The summed E-state index contributed by atoms with van der Waals surface area (Å²) in [7, 11) is 0. The second-order valence-corrected chi connectivity index (χ2v) is 4.23. The SMILES string of the molecule is c1cnc(OCCCC2CCCNC2)nc1. The lowest BCUT2D eigenvalue weighted by molar-refractivity contribution is 0.259. The molecular weight excluding hydrogens is 202 g/mol. The molecule has 2 heterocycles. The molecule has 0 amide bonds. The molecule has 0 saturated carbocycles. The van der Waals surface area contributed by atoms with Gasteiger partial charge in [-0.25, -0.2) is 9.97 Å². The van der Waals surface area contributed by atoms with E-state index in [9.17, 15) is 0 Å². The number of rotatable bonds is 5. The normalized spacial score (nSPS) is 20.6. The lowest BCUT2D eigenvalue weighted by atomic mass is 9.95. The number of nitrogens with one attached hydrogen (secondary N) is 1. The first-order valence-electron chi connectivity index (χ1n) is 6.05. The van der Waals surface area contributed by atoms with Gasteiger partial charge in [0.1, 0.15) is 0 Å². The molecule has 1 aliphatic rings. The van der Waals surface area contributed by atoms with E-state index in [1.807, 2.05) is 0 Å². The summed E-state index contributed by atoms with van der Waals surface area (Å²) < 4.78 is 5.45. The molecule has 1 N–H and O–H groups in total. The van der Waals surface area contributed by atoms with Crippen LogP contribution in [-0.4, -0.2) is 29.7 Å². The standard InChI is InChI=1S/C12H19N3O/c1-4-11(10-13-6-1)5-2-9-16-12-14-7-3-8-15-12/h3,7-8,11,13H,1-2,4-6,9-10H2. The number of nitrogens with zero attached hydrogens (tertiary/aromatic N) is 2. The van der Waals surface area contributed by atoms with Gasteiger partial charge in [0, 0.05) is 12.4 Å². The minimum atomic E-state index is 0.490. The molecule has 1 atom stereocenters. The van der Waals surface area contributed by atoms with Gasteiger partial charge in [0.2, 0.25) is 0 Å². The predicted octanol–water partition coefficient (Wildman–Crippen LogP) is 1.64. The van der Waals surface area contributed by atoms with Crippen molar-refractivity contribution >= 4 is 0 Å². The minimum absolute atomic E-state index is 0.490. The number of piperidine rings is 1. The molecule has 1 aliphatic heterocycles. The maximum absolute atomic E-state index is 5.45. The molecule has 4 heteroatoms. The van der Waals surface area contributed by atoms with Crippen LogP contribution in [0.4, 0.5) is 0 Å². The Morgan fingerprint density at radius 3 is 3.00 bits per heavy atom. The van der Waals surface area contributed by atoms with E-state index >= 15 is 0 Å². The van der Waals surface area contributed by atoms with Crippen LogP contribution in [0, 0.1) is 5.92 Å². The van der Waals surface area contributed by atoms with Gasteiger partial charge in [-0.3, -0.25) is 0 Å². The monoisotopic (exact) mass is 221 g/mol. The minimum Gasteiger partial charge on any atom is -0.463 e. The smallest absolute Gasteiger partial charge is 0.316 e. The molecular formula is C12H19N3O. The van der Waals surface area contributed by atoms with E-state index in [0.29, 0.717) is 6.01 Å². The quantitative estimate of drug-likeness (QED) is 0.768. The van der Waals surface area contributed by atoms with Crippen molar-refractivity contribution in [2.75, 3.05) is 19.7 Å². The van der Waals surface area contributed by atoms with Crippen molar-refractivity contribution in [1.82, 2.24) is 15.3 Å². The summed E-state index contributed by atoms with van der Waals surface area (Å²) >= 11 is 0. The predicted molar refractivity (Wildman–Crippen MR) is 62.4 cm³/mol. The van der Waals surface area contributed by atoms with Crippen LogP contribution in [0.3, 0.4) is 0 Å². The van der Waals surface area contributed by atoms with E-state index in [1.165, 1.54) is 32.4 Å². The fraction of sp³-hybridized carbons (Fsp3) is 0.667. The number of ether oxygens (including phenoxy) is 1. The number of hydrogen-bond acceptors (Lipinski definition) is 4. The lowest BCUT2D eigenvalue weighted by Crippen LogP contribution is -2.29. The largest absolute Gasteiger partial charge is 0.463 e. The summed E-state index contributed by atoms with van der Waals surface area (Å²) in [5.74, 6) is 0.828. The third kappa shape index (κ3) is 3.77. The van der Waals surface area contributed by atoms with Crippen molar-refractivity contribution in [3.63, 3.8) is 0 Å². The van der Waals surface area contributed by atoms with Gasteiger partial charge < -0.3 is 10.1 Å². The molecule has 0 aliphatic carbocycles. The van der Waals surface area contributed by atoms with Crippen LogP contribution in [0.2, 0.25) is 0 Å². The van der Waals surface area contributed by atoms with Gasteiger partial charge in [0.15, 0.2) is 0 Å². The molecule has 0 radical (unpaired) electrons. The van der Waals surface area contributed by atoms with Gasteiger partial charge in [-0.15, -0.1) is 0 Å². The van der Waals surface area contributed by atoms with Crippen molar-refractivity contribution in [1.29, 1.82) is 0 Å². The molecule has 0 spiro atoms. The van der Waals surface area contributed by atoms with Crippen molar-refractivity contribution in [3.8, 4) is 6.01 Å². The summed E-state index contributed by atoms with van der Waals surface area (Å²) in [5.41, 5.74) is 0. The molecule has 1 aromatic heterocycles. The van der Waals surface area contributed by atoms with E-state index in [0.717, 1.165) is 18.9 Å². The van der Waals surface area contributed by atoms with Crippen LogP contribution in [-0.2, 0) is 0 Å². The molecule has 4 nitrogen and oxygen atoms in total. The van der Waals surface area contributed by atoms with Gasteiger partial charge in [-0.1, -0.05) is 0 Å². The Bertz CT molecular complexity index is 286. The van der Waals surface area contributed by atoms with Crippen LogP contribution in [0.5, 0.6) is 6.01 Å². The third-order valence-electron chi connectivity index (χ3n) is 2.93. The maximum atomic E-state index is 5.45. The summed E-state index contributed by atoms with van der Waals surface area (Å²) in [6.07, 6.45) is 8.40. The Balaban J connectivity index is 1.58. The fourth-order valence-electron chi connectivity index (χ4n) is 2.07. The average molecular weight is 221 g/mol. The molecule has 0 bridgehead atoms. The number of hydrogen-bond donors (Lipinski definition) is 1. The summed E-state index contributed by atoms with van der Waals surface area (Å²) in [6, 6.07) is 2.28. The average Bonchev–Trinajstić information content (AvgIpc) is 2.37. The van der Waals surface area contributed by atoms with Crippen molar-refractivity contribution in [2.24, 2.45) is 5.92 Å². The van der Waals surface area contributed by atoms with Crippen LogP contribution in [0.25, 0.3) is 0 Å². The fourth-order valence-corrected chi connectivity index (χ4v) is 2.07. The van der Waals surface area contributed by atoms with E-state index in [1.54, 1.807) is 18.5 Å². The molecule has 1 fully saturated rings. The molecule has 1 saturated heterocycles. The highest BCUT2D eigenvalue weighted by Crippen LogP contribution is 2.15. The second-order valence-electron chi connectivity index (χ2n) is 4.23. The first-order chi connectivity index (χ1) is 7.95. The topological polar surface area (TPSA) is 47.0 Å². The Labute approximate surface area is 96.4 Å². The first-order valence-corrected chi connectivity index (χ1v) is 6.05. The Hall–Kier alpha value is -1.16. The van der Waals surface area contributed by atoms with Crippen LogP contribution in [0.1, 0.15) is 25.7 Å². The van der Waals surface area contributed by atoms with Crippen molar-refractivity contribution in [2.45, 2.75) is 25.7 Å². The number of aromatic nitrogens is 2. The Morgan fingerprint density at radius 1 is 1.38 bits per heavy atom. The van der Waals surface area contributed by atoms with E-state index < -0.39 is 0 Å². The molecule has 16 heavy (non-hydrogen) atoms. The van der Waals surface area contributed by atoms with Gasteiger partial charge in [0.05, 0.1) is 6.61 Å². The molecule has 2 rings (SSSR count). The second kappa shape index (κ2) is 6.43. The first kappa shape index (κ1) is 11.3. The Kier molecular flexibility index (Phi) is 4.55. The van der Waals surface area contributed by atoms with Gasteiger partial charge >= 0.3 is 6.01 Å². The van der Waals surface area contributed by atoms with E-state index in [4.69, 9.17) is 4.74 Å². The van der Waals surface area contributed by atoms with Gasteiger partial charge in [0.25, 0.3) is 0 Å². The molecule has 0 aromatic carbocycles. The van der Waals surface area contributed by atoms with Crippen molar-refractivity contribution in [3.05, 3.63) is 18.5 Å². The zero-order valence-corrected chi connectivity index (χ0v) is 9.56. The molecule has 1 unspecified atom stereocenters. The van der Waals surface area contributed by atoms with Crippen LogP contribution < -0.4 is 10.1 Å². The summed E-state index contributed by atoms with van der Waals surface area (Å²) in [5, 5.41) is 3.43. The van der Waals surface area contributed by atoms with E-state index in [-0.39, 0.29) is 0 Å². The van der Waals surface area contributed by atoms with E-state index in [2.05, 4.69) is 15.3 Å². The zero-order valence-electron chi connectivity index (χ0n) is 9.56. The maximum Gasteiger partial charge on any atom is 0.316 e. The Morgan fingerprint density at radius 2 is 2.25 bits per heavy atom. The van der Waals surface area contributed by atoms with Gasteiger partial charge in [-0.05, 0) is 50.8 Å². The summed E-state index contributed by atoms with van der Waals surface area (Å²) in [4.78, 5) is 8.03. The highest BCUT2D eigenvalue weighted by Gasteiger charge is 2.12. The van der Waals surface area contributed by atoms with Crippen LogP contribution in [0.15, 0.2) is 18.5 Å². The third-order valence-corrected chi connectivity index (χ3v) is 2.93. The highest BCUT2D eigenvalue weighted by molar-refractivity contribution is 4.92. The van der Waals surface area contributed by atoms with Crippen LogP contribution >= 0.6 is 0 Å². The zero-order chi connectivity index (χ0) is 11.1. The molecule has 1 aromatic rings. The molecule has 88 valence electrons. The highest BCUT2D eigenvalue weighted by atomic mass is 16.5. The van der Waals surface area contributed by atoms with Crippen molar-refractivity contribution < 1.29 is 4.74 Å².